The Morgan fingerprint density at radius 1 is 1.20 bits per heavy atom. The molecular formula is C12H14BrNS. The largest absolute Gasteiger partial charge is 0.362 e. The number of nitrogens with zero attached hydrogens (tertiary/aromatic N) is 1. The molecule has 2 rings (SSSR count). The van der Waals surface area contributed by atoms with Crippen LogP contribution < -0.4 is 0 Å². The maximum Gasteiger partial charge on any atom is 0.109 e. The number of rotatable bonds is 1. The molecule has 1 aliphatic heterocycles. The summed E-state index contributed by atoms with van der Waals surface area (Å²) < 4.78 is 1.10. The van der Waals surface area contributed by atoms with Gasteiger partial charge in [-0.2, -0.15) is 0 Å². The van der Waals surface area contributed by atoms with Crippen LogP contribution in [0.5, 0.6) is 0 Å². The van der Waals surface area contributed by atoms with E-state index in [1.54, 1.807) is 0 Å². The van der Waals surface area contributed by atoms with Gasteiger partial charge in [0.05, 0.1) is 0 Å². The van der Waals surface area contributed by atoms with Gasteiger partial charge < -0.3 is 4.90 Å². The van der Waals surface area contributed by atoms with E-state index in [1.807, 2.05) is 12.1 Å². The highest BCUT2D eigenvalue weighted by Crippen LogP contribution is 2.17. The molecule has 15 heavy (non-hydrogen) atoms. The van der Waals surface area contributed by atoms with E-state index in [1.165, 1.54) is 19.3 Å². The lowest BCUT2D eigenvalue weighted by Gasteiger charge is -2.29. The lowest BCUT2D eigenvalue weighted by atomic mass is 10.1. The van der Waals surface area contributed by atoms with Crippen LogP contribution in [0, 0.1) is 0 Å². The fourth-order valence-corrected chi connectivity index (χ4v) is 2.61. The summed E-state index contributed by atoms with van der Waals surface area (Å²) in [4.78, 5) is 3.32. The maximum atomic E-state index is 5.51. The van der Waals surface area contributed by atoms with Gasteiger partial charge in [-0.05, 0) is 31.4 Å². The minimum atomic E-state index is 0.996. The first-order valence-electron chi connectivity index (χ1n) is 5.32. The molecule has 1 aliphatic rings. The van der Waals surface area contributed by atoms with Crippen LogP contribution in [0.4, 0.5) is 0 Å². The number of thiocarbonyl (C=S) groups is 1. The summed E-state index contributed by atoms with van der Waals surface area (Å²) in [5.74, 6) is 0. The quantitative estimate of drug-likeness (QED) is 0.725. The Kier molecular flexibility index (Phi) is 3.76. The molecule has 0 radical (unpaired) electrons. The normalized spacial score (nSPS) is 16.5. The third-order valence-electron chi connectivity index (χ3n) is 2.71. The summed E-state index contributed by atoms with van der Waals surface area (Å²) in [6.07, 6.45) is 3.89. The fourth-order valence-electron chi connectivity index (χ4n) is 1.90. The second-order valence-corrected chi connectivity index (χ2v) is 5.17. The van der Waals surface area contributed by atoms with Crippen molar-refractivity contribution in [3.05, 3.63) is 34.3 Å². The molecule has 0 aromatic heterocycles. The van der Waals surface area contributed by atoms with Crippen molar-refractivity contribution in [3.8, 4) is 0 Å². The highest BCUT2D eigenvalue weighted by Gasteiger charge is 2.14. The van der Waals surface area contributed by atoms with Crippen LogP contribution in [0.25, 0.3) is 0 Å². The molecule has 1 fully saturated rings. The maximum absolute atomic E-state index is 5.51. The molecule has 0 N–H and O–H groups in total. The smallest absolute Gasteiger partial charge is 0.109 e. The van der Waals surface area contributed by atoms with Gasteiger partial charge >= 0.3 is 0 Å². The summed E-state index contributed by atoms with van der Waals surface area (Å²) in [5.41, 5.74) is 1.15. The second-order valence-electron chi connectivity index (χ2n) is 3.86. The molecule has 3 heteroatoms. The van der Waals surface area contributed by atoms with Gasteiger partial charge in [0.25, 0.3) is 0 Å². The van der Waals surface area contributed by atoms with Crippen molar-refractivity contribution in [2.45, 2.75) is 19.3 Å². The monoisotopic (exact) mass is 283 g/mol. The van der Waals surface area contributed by atoms with Crippen LogP contribution in [-0.2, 0) is 0 Å². The molecule has 0 bridgehead atoms. The molecule has 0 spiro atoms. The molecule has 80 valence electrons. The molecular weight excluding hydrogens is 270 g/mol. The lowest BCUT2D eigenvalue weighted by Crippen LogP contribution is -2.34. The van der Waals surface area contributed by atoms with E-state index in [4.69, 9.17) is 12.2 Å². The van der Waals surface area contributed by atoms with E-state index in [0.29, 0.717) is 0 Å². The lowest BCUT2D eigenvalue weighted by molar-refractivity contribution is 0.347. The zero-order valence-corrected chi connectivity index (χ0v) is 11.0. The van der Waals surface area contributed by atoms with Gasteiger partial charge in [0.1, 0.15) is 4.99 Å². The van der Waals surface area contributed by atoms with Gasteiger partial charge in [0.15, 0.2) is 0 Å². The molecule has 0 unspecified atom stereocenters. The van der Waals surface area contributed by atoms with Gasteiger partial charge in [0.2, 0.25) is 0 Å². The van der Waals surface area contributed by atoms with E-state index in [2.05, 4.69) is 33.0 Å². The van der Waals surface area contributed by atoms with Crippen molar-refractivity contribution in [3.63, 3.8) is 0 Å². The third kappa shape index (κ3) is 2.79. The van der Waals surface area contributed by atoms with E-state index >= 15 is 0 Å². The van der Waals surface area contributed by atoms with Crippen molar-refractivity contribution >= 4 is 33.1 Å². The molecule has 1 aromatic carbocycles. The molecule has 0 saturated carbocycles. The summed E-state index contributed by atoms with van der Waals surface area (Å²) >= 11 is 8.98. The van der Waals surface area contributed by atoms with E-state index in [0.717, 1.165) is 28.1 Å². The predicted octanol–water partition coefficient (Wildman–Crippen LogP) is 3.61. The predicted molar refractivity (Wildman–Crippen MR) is 71.3 cm³/mol. The van der Waals surface area contributed by atoms with Crippen LogP contribution in [0.1, 0.15) is 24.8 Å². The average molecular weight is 284 g/mol. The Morgan fingerprint density at radius 2 is 1.93 bits per heavy atom. The number of piperidine rings is 1. The summed E-state index contributed by atoms with van der Waals surface area (Å²) in [6.45, 7) is 2.23. The minimum Gasteiger partial charge on any atom is -0.362 e. The zero-order valence-electron chi connectivity index (χ0n) is 8.58. The van der Waals surface area contributed by atoms with E-state index in [9.17, 15) is 0 Å². The number of halogens is 1. The summed E-state index contributed by atoms with van der Waals surface area (Å²) in [6, 6.07) is 8.25. The Morgan fingerprint density at radius 3 is 2.60 bits per heavy atom. The highest BCUT2D eigenvalue weighted by molar-refractivity contribution is 9.10. The van der Waals surface area contributed by atoms with E-state index < -0.39 is 0 Å². The Hall–Kier alpha value is -0.410. The van der Waals surface area contributed by atoms with Crippen LogP contribution in [0.2, 0.25) is 0 Å². The van der Waals surface area contributed by atoms with Gasteiger partial charge in [0, 0.05) is 23.1 Å². The van der Waals surface area contributed by atoms with Gasteiger partial charge in [-0.25, -0.2) is 0 Å². The first-order chi connectivity index (χ1) is 7.27. The molecule has 1 saturated heterocycles. The van der Waals surface area contributed by atoms with Crippen molar-refractivity contribution in [1.82, 2.24) is 4.90 Å². The van der Waals surface area contributed by atoms with Crippen molar-refractivity contribution in [1.29, 1.82) is 0 Å². The van der Waals surface area contributed by atoms with Crippen LogP contribution in [-0.4, -0.2) is 23.0 Å². The van der Waals surface area contributed by atoms with Gasteiger partial charge in [-0.15, -0.1) is 0 Å². The number of benzene rings is 1. The SMILES string of the molecule is S=C(c1cccc(Br)c1)N1CCCCC1. The van der Waals surface area contributed by atoms with Crippen LogP contribution >= 0.6 is 28.1 Å². The van der Waals surface area contributed by atoms with Gasteiger partial charge in [-0.3, -0.25) is 0 Å². The molecule has 0 atom stereocenters. The minimum absolute atomic E-state index is 0.996. The molecule has 0 aliphatic carbocycles. The molecule has 1 heterocycles. The van der Waals surface area contributed by atoms with Crippen molar-refractivity contribution < 1.29 is 0 Å². The Balaban J connectivity index is 2.12. The standard InChI is InChI=1S/C12H14BrNS/c13-11-6-4-5-10(9-11)12(15)14-7-2-1-3-8-14/h4-6,9H,1-3,7-8H2. The van der Waals surface area contributed by atoms with Crippen LogP contribution in [0.3, 0.4) is 0 Å². The molecule has 0 amide bonds. The average Bonchev–Trinajstić information content (AvgIpc) is 2.29. The second kappa shape index (κ2) is 5.08. The number of likely N-dealkylation sites (tertiary alicyclic amines) is 1. The van der Waals surface area contributed by atoms with Gasteiger partial charge in [-0.1, -0.05) is 40.3 Å². The number of hydrogen-bond donors (Lipinski definition) is 0. The first kappa shape index (κ1) is 11.1. The Labute approximate surface area is 105 Å². The molecule has 1 aromatic rings. The van der Waals surface area contributed by atoms with Crippen molar-refractivity contribution in [2.24, 2.45) is 0 Å². The first-order valence-corrected chi connectivity index (χ1v) is 6.52. The van der Waals surface area contributed by atoms with E-state index in [-0.39, 0.29) is 0 Å². The molecule has 1 nitrogen and oxygen atoms in total. The zero-order chi connectivity index (χ0) is 10.7. The topological polar surface area (TPSA) is 3.24 Å². The highest BCUT2D eigenvalue weighted by atomic mass is 79.9. The van der Waals surface area contributed by atoms with Crippen LogP contribution in [0.15, 0.2) is 28.7 Å². The van der Waals surface area contributed by atoms with Crippen molar-refractivity contribution in [2.75, 3.05) is 13.1 Å². The Bertz CT molecular complexity index is 358. The number of hydrogen-bond acceptors (Lipinski definition) is 1. The summed E-state index contributed by atoms with van der Waals surface area (Å²) in [7, 11) is 0. The fraction of sp³-hybridized carbons (Fsp3) is 0.417. The summed E-state index contributed by atoms with van der Waals surface area (Å²) in [5, 5.41) is 0. The third-order valence-corrected chi connectivity index (χ3v) is 3.70.